The van der Waals surface area contributed by atoms with Gasteiger partial charge in [0, 0.05) is 13.0 Å². The summed E-state index contributed by atoms with van der Waals surface area (Å²) in [5.74, 6) is 3.02. The fraction of sp³-hybridized carbons (Fsp3) is 0.923. The molecule has 1 aliphatic rings. The first-order valence-electron chi connectivity index (χ1n) is 6.60. The molecule has 0 aromatic rings. The van der Waals surface area contributed by atoms with Gasteiger partial charge in [0.05, 0.1) is 5.60 Å². The molecule has 1 aliphatic heterocycles. The van der Waals surface area contributed by atoms with Crippen molar-refractivity contribution in [3.63, 3.8) is 0 Å². The number of carbonyl (C=O) groups is 1. The average Bonchev–Trinajstić information content (AvgIpc) is 2.28. The van der Waals surface area contributed by atoms with Crippen molar-refractivity contribution in [2.24, 2.45) is 5.92 Å². The van der Waals surface area contributed by atoms with Gasteiger partial charge in [0.1, 0.15) is 0 Å². The van der Waals surface area contributed by atoms with Crippen molar-refractivity contribution in [1.29, 1.82) is 0 Å². The van der Waals surface area contributed by atoms with Crippen LogP contribution in [0.1, 0.15) is 46.0 Å². The quantitative estimate of drug-likeness (QED) is 0.769. The second kappa shape index (κ2) is 7.27. The normalized spacial score (nSPS) is 20.9. The maximum absolute atomic E-state index is 11.7. The van der Waals surface area contributed by atoms with Gasteiger partial charge in [-0.1, -0.05) is 13.3 Å². The summed E-state index contributed by atoms with van der Waals surface area (Å²) >= 11 is 1.98. The van der Waals surface area contributed by atoms with E-state index in [1.165, 1.54) is 11.5 Å². The van der Waals surface area contributed by atoms with E-state index in [9.17, 15) is 9.90 Å². The van der Waals surface area contributed by atoms with Crippen LogP contribution in [-0.2, 0) is 4.79 Å². The highest BCUT2D eigenvalue weighted by molar-refractivity contribution is 7.99. The number of aliphatic hydroxyl groups is 1. The zero-order chi connectivity index (χ0) is 12.7. The molecule has 0 aromatic heterocycles. The van der Waals surface area contributed by atoms with E-state index in [1.807, 2.05) is 18.7 Å². The van der Waals surface area contributed by atoms with E-state index >= 15 is 0 Å². The minimum atomic E-state index is -0.757. The summed E-state index contributed by atoms with van der Waals surface area (Å²) in [6.07, 6.45) is 4.60. The molecule has 1 heterocycles. The third-order valence-corrected chi connectivity index (χ3v) is 4.32. The van der Waals surface area contributed by atoms with Crippen molar-refractivity contribution in [1.82, 2.24) is 5.32 Å². The van der Waals surface area contributed by atoms with Gasteiger partial charge in [0.25, 0.3) is 0 Å². The molecule has 1 unspecified atom stereocenters. The molecule has 1 amide bonds. The molecule has 17 heavy (non-hydrogen) atoms. The lowest BCUT2D eigenvalue weighted by Crippen LogP contribution is -2.41. The summed E-state index contributed by atoms with van der Waals surface area (Å²) in [7, 11) is 0. The van der Waals surface area contributed by atoms with Gasteiger partial charge in [-0.25, -0.2) is 0 Å². The lowest BCUT2D eigenvalue weighted by Gasteiger charge is -2.24. The molecule has 2 N–H and O–H groups in total. The van der Waals surface area contributed by atoms with Crippen LogP contribution in [0.2, 0.25) is 0 Å². The Hall–Kier alpha value is -0.220. The fourth-order valence-electron chi connectivity index (χ4n) is 2.20. The van der Waals surface area contributed by atoms with Gasteiger partial charge in [-0.3, -0.25) is 4.79 Å². The molecule has 0 spiro atoms. The molecule has 1 fully saturated rings. The number of nitrogens with one attached hydrogen (secondary N) is 1. The van der Waals surface area contributed by atoms with Crippen LogP contribution < -0.4 is 5.32 Å². The second-order valence-electron chi connectivity index (χ2n) is 5.28. The van der Waals surface area contributed by atoms with E-state index in [-0.39, 0.29) is 5.91 Å². The van der Waals surface area contributed by atoms with E-state index in [4.69, 9.17) is 0 Å². The molecule has 1 rings (SSSR count). The highest BCUT2D eigenvalue weighted by Crippen LogP contribution is 2.25. The van der Waals surface area contributed by atoms with Gasteiger partial charge in [0.2, 0.25) is 5.91 Å². The van der Waals surface area contributed by atoms with E-state index in [0.29, 0.717) is 18.9 Å². The van der Waals surface area contributed by atoms with E-state index in [2.05, 4.69) is 5.32 Å². The molecule has 0 saturated carbocycles. The standard InChI is InChI=1S/C13H25NO2S/c1-3-6-13(2,16)10-14-12(15)9-11-4-7-17-8-5-11/h11,16H,3-10H2,1-2H3,(H,14,15). The van der Waals surface area contributed by atoms with Gasteiger partial charge >= 0.3 is 0 Å². The van der Waals surface area contributed by atoms with E-state index < -0.39 is 5.60 Å². The summed E-state index contributed by atoms with van der Waals surface area (Å²) in [5, 5.41) is 12.8. The van der Waals surface area contributed by atoms with Crippen LogP contribution in [-0.4, -0.2) is 34.7 Å². The summed E-state index contributed by atoms with van der Waals surface area (Å²) in [4.78, 5) is 11.7. The maximum atomic E-state index is 11.7. The Morgan fingerprint density at radius 2 is 2.12 bits per heavy atom. The zero-order valence-corrected chi connectivity index (χ0v) is 11.8. The molecule has 0 aromatic carbocycles. The van der Waals surface area contributed by atoms with Crippen LogP contribution in [0.4, 0.5) is 0 Å². The minimum absolute atomic E-state index is 0.0956. The first kappa shape index (κ1) is 14.8. The monoisotopic (exact) mass is 259 g/mol. The molecule has 100 valence electrons. The highest BCUT2D eigenvalue weighted by Gasteiger charge is 2.21. The van der Waals surface area contributed by atoms with Gasteiger partial charge in [0.15, 0.2) is 0 Å². The largest absolute Gasteiger partial charge is 0.388 e. The van der Waals surface area contributed by atoms with Crippen LogP contribution >= 0.6 is 11.8 Å². The Bertz CT molecular complexity index is 238. The Kier molecular flexibility index (Phi) is 6.34. The molecular formula is C13H25NO2S. The van der Waals surface area contributed by atoms with Crippen LogP contribution in [0.15, 0.2) is 0 Å². The average molecular weight is 259 g/mol. The molecule has 0 radical (unpaired) electrons. The van der Waals surface area contributed by atoms with Crippen LogP contribution in [0.5, 0.6) is 0 Å². The van der Waals surface area contributed by atoms with Crippen molar-refractivity contribution < 1.29 is 9.90 Å². The van der Waals surface area contributed by atoms with Crippen LogP contribution in [0.3, 0.4) is 0 Å². The first-order chi connectivity index (χ1) is 8.03. The fourth-order valence-corrected chi connectivity index (χ4v) is 3.40. The predicted octanol–water partition coefficient (Wildman–Crippen LogP) is 2.19. The van der Waals surface area contributed by atoms with Gasteiger partial charge in [-0.05, 0) is 43.6 Å². The smallest absolute Gasteiger partial charge is 0.220 e. The van der Waals surface area contributed by atoms with Crippen molar-refractivity contribution in [2.45, 2.75) is 51.6 Å². The number of amides is 1. The zero-order valence-electron chi connectivity index (χ0n) is 11.0. The Balaban J connectivity index is 2.20. The topological polar surface area (TPSA) is 49.3 Å². The molecule has 0 bridgehead atoms. The molecule has 1 atom stereocenters. The number of rotatable bonds is 6. The van der Waals surface area contributed by atoms with Crippen LogP contribution in [0, 0.1) is 5.92 Å². The number of carbonyl (C=O) groups excluding carboxylic acids is 1. The highest BCUT2D eigenvalue weighted by atomic mass is 32.2. The van der Waals surface area contributed by atoms with Crippen molar-refractivity contribution >= 4 is 17.7 Å². The number of hydrogen-bond donors (Lipinski definition) is 2. The van der Waals surface area contributed by atoms with Gasteiger partial charge in [-0.15, -0.1) is 0 Å². The Labute approximate surface area is 109 Å². The minimum Gasteiger partial charge on any atom is -0.388 e. The number of thioether (sulfide) groups is 1. The summed E-state index contributed by atoms with van der Waals surface area (Å²) in [6.45, 7) is 4.20. The van der Waals surface area contributed by atoms with E-state index in [1.54, 1.807) is 6.92 Å². The SMILES string of the molecule is CCCC(C)(O)CNC(=O)CC1CCSCC1. The van der Waals surface area contributed by atoms with Crippen molar-refractivity contribution in [3.05, 3.63) is 0 Å². The molecular weight excluding hydrogens is 234 g/mol. The Morgan fingerprint density at radius 3 is 2.71 bits per heavy atom. The third kappa shape index (κ3) is 6.32. The lowest BCUT2D eigenvalue weighted by atomic mass is 9.97. The third-order valence-electron chi connectivity index (χ3n) is 3.27. The van der Waals surface area contributed by atoms with E-state index in [0.717, 1.165) is 25.7 Å². The first-order valence-corrected chi connectivity index (χ1v) is 7.76. The molecule has 0 aliphatic carbocycles. The maximum Gasteiger partial charge on any atom is 0.220 e. The lowest BCUT2D eigenvalue weighted by molar-refractivity contribution is -0.123. The van der Waals surface area contributed by atoms with Crippen molar-refractivity contribution in [2.75, 3.05) is 18.1 Å². The van der Waals surface area contributed by atoms with Crippen molar-refractivity contribution in [3.8, 4) is 0 Å². The van der Waals surface area contributed by atoms with Crippen LogP contribution in [0.25, 0.3) is 0 Å². The summed E-state index contributed by atoms with van der Waals surface area (Å²) in [5.41, 5.74) is -0.757. The molecule has 1 saturated heterocycles. The predicted molar refractivity (Wildman–Crippen MR) is 73.2 cm³/mol. The Morgan fingerprint density at radius 1 is 1.47 bits per heavy atom. The molecule has 4 heteroatoms. The second-order valence-corrected chi connectivity index (χ2v) is 6.51. The molecule has 3 nitrogen and oxygen atoms in total. The van der Waals surface area contributed by atoms with Gasteiger partial charge in [-0.2, -0.15) is 11.8 Å². The summed E-state index contributed by atoms with van der Waals surface area (Å²) in [6, 6.07) is 0. The summed E-state index contributed by atoms with van der Waals surface area (Å²) < 4.78 is 0. The van der Waals surface area contributed by atoms with Gasteiger partial charge < -0.3 is 10.4 Å². The number of hydrogen-bond acceptors (Lipinski definition) is 3.